The van der Waals surface area contributed by atoms with Gasteiger partial charge in [0.25, 0.3) is 0 Å². The number of esters is 1. The fourth-order valence-electron chi connectivity index (χ4n) is 2.77. The van der Waals surface area contributed by atoms with Crippen molar-refractivity contribution in [2.75, 3.05) is 25.4 Å². The van der Waals surface area contributed by atoms with Gasteiger partial charge in [0.1, 0.15) is 18.8 Å². The van der Waals surface area contributed by atoms with Crippen molar-refractivity contribution < 1.29 is 44.3 Å². The zero-order chi connectivity index (χ0) is 18.3. The number of hydrogen-bond donors (Lipinski definition) is 0. The minimum absolute atomic E-state index is 0. The predicted molar refractivity (Wildman–Crippen MR) is 93.1 cm³/mol. The normalized spacial score (nSPS) is 14.5. The van der Waals surface area contributed by atoms with E-state index in [0.717, 1.165) is 43.5 Å². The first kappa shape index (κ1) is 23.0. The molecule has 0 amide bonds. The molecule has 3 nitrogen and oxygen atoms in total. The van der Waals surface area contributed by atoms with E-state index in [1.807, 2.05) is 0 Å². The Kier molecular flexibility index (Phi) is 9.71. The Morgan fingerprint density at radius 3 is 2.54 bits per heavy atom. The summed E-state index contributed by atoms with van der Waals surface area (Å²) in [5, 5.41) is 0.937. The van der Waals surface area contributed by atoms with E-state index in [9.17, 15) is 18.0 Å². The summed E-state index contributed by atoms with van der Waals surface area (Å²) in [6, 6.07) is 5.40. The molecule has 1 fully saturated rings. The predicted octanol–water partition coefficient (Wildman–Crippen LogP) is 1.14. The largest absolute Gasteiger partial charge is 1.00 e. The van der Waals surface area contributed by atoms with Crippen LogP contribution in [-0.4, -0.2) is 41.0 Å². The average molecular weight is 454 g/mol. The van der Waals surface area contributed by atoms with Crippen molar-refractivity contribution in [3.63, 3.8) is 0 Å². The Morgan fingerprint density at radius 1 is 1.23 bits per heavy atom. The molecule has 0 spiro atoms. The molecule has 26 heavy (non-hydrogen) atoms. The Bertz CT molecular complexity index is 627. The van der Waals surface area contributed by atoms with Crippen molar-refractivity contribution in [3.8, 4) is 0 Å². The van der Waals surface area contributed by atoms with E-state index in [1.165, 1.54) is 23.9 Å². The molecule has 0 aromatic heterocycles. The molecule has 0 N–H and O–H groups in total. The van der Waals surface area contributed by atoms with Gasteiger partial charge in [-0.1, -0.05) is 30.0 Å². The van der Waals surface area contributed by atoms with Crippen molar-refractivity contribution in [2.45, 2.75) is 38.8 Å². The zero-order valence-corrected chi connectivity index (χ0v) is 17.1. The van der Waals surface area contributed by atoms with Gasteiger partial charge in [-0.3, -0.25) is 4.79 Å². The quantitative estimate of drug-likeness (QED) is 0.380. The molecule has 1 aliphatic heterocycles. The summed E-state index contributed by atoms with van der Waals surface area (Å²) in [6.07, 6.45) is -0.665. The van der Waals surface area contributed by atoms with E-state index >= 15 is 0 Å². The highest BCUT2D eigenvalue weighted by atomic mass is 79.9. The second-order valence-electron chi connectivity index (χ2n) is 5.91. The molecule has 1 heterocycles. The number of benzene rings is 1. The molecule has 1 saturated heterocycles. The molecule has 0 bridgehead atoms. The molecule has 0 atom stereocenters. The van der Waals surface area contributed by atoms with Gasteiger partial charge in [-0.2, -0.15) is 13.2 Å². The molecule has 146 valence electrons. The van der Waals surface area contributed by atoms with E-state index in [4.69, 9.17) is 4.74 Å². The van der Waals surface area contributed by atoms with Crippen LogP contribution in [0, 0.1) is 0 Å². The maximum atomic E-state index is 12.9. The van der Waals surface area contributed by atoms with Crippen LogP contribution in [0.4, 0.5) is 13.2 Å². The molecule has 0 aliphatic carbocycles. The highest BCUT2D eigenvalue weighted by molar-refractivity contribution is 8.14. The second-order valence-corrected chi connectivity index (χ2v) is 6.96. The van der Waals surface area contributed by atoms with E-state index < -0.39 is 11.7 Å². The van der Waals surface area contributed by atoms with Gasteiger partial charge in [-0.05, 0) is 25.0 Å². The number of thioether (sulfide) groups is 1. The van der Waals surface area contributed by atoms with Crippen LogP contribution in [0.15, 0.2) is 24.3 Å². The highest BCUT2D eigenvalue weighted by Gasteiger charge is 2.30. The maximum absolute atomic E-state index is 12.9. The molecular formula is C18H23BrF3NO2S. The van der Waals surface area contributed by atoms with Gasteiger partial charge >= 0.3 is 12.1 Å². The van der Waals surface area contributed by atoms with Crippen LogP contribution in [0.5, 0.6) is 0 Å². The van der Waals surface area contributed by atoms with Crippen LogP contribution < -0.4 is 17.0 Å². The number of carbonyl (C=O) groups is 1. The lowest BCUT2D eigenvalue weighted by atomic mass is 10.1. The lowest BCUT2D eigenvalue weighted by Crippen LogP contribution is -3.00. The standard InChI is InChI=1S/C18H23F3NO2S.BrH/c1-2-24-17(23)13-25-16(22-9-4-3-5-10-22)12-14-7-6-8-15(11-14)18(19,20)21;/h6-8,11H,2-5,9-10,12-13H2,1H3;1H/q+1;/p-1. The smallest absolute Gasteiger partial charge is 0.416 e. The molecule has 1 aromatic rings. The summed E-state index contributed by atoms with van der Waals surface area (Å²) in [5.74, 6) is -0.121. The van der Waals surface area contributed by atoms with E-state index in [1.54, 1.807) is 13.0 Å². The van der Waals surface area contributed by atoms with Crippen LogP contribution in [0.2, 0.25) is 0 Å². The Morgan fingerprint density at radius 2 is 1.92 bits per heavy atom. The third-order valence-electron chi connectivity index (χ3n) is 3.98. The Hall–Kier alpha value is -1.02. The lowest BCUT2D eigenvalue weighted by Gasteiger charge is -2.15. The topological polar surface area (TPSA) is 29.3 Å². The fourth-order valence-corrected chi connectivity index (χ4v) is 3.78. The summed E-state index contributed by atoms with van der Waals surface area (Å²) in [6.45, 7) is 3.83. The van der Waals surface area contributed by atoms with Gasteiger partial charge in [-0.15, -0.1) is 0 Å². The van der Waals surface area contributed by atoms with E-state index in [-0.39, 0.29) is 28.7 Å². The summed E-state index contributed by atoms with van der Waals surface area (Å²) in [4.78, 5) is 11.6. The second kappa shape index (κ2) is 11.0. The van der Waals surface area contributed by atoms with E-state index in [0.29, 0.717) is 18.6 Å². The van der Waals surface area contributed by atoms with Crippen molar-refractivity contribution in [1.82, 2.24) is 0 Å². The molecule has 1 aromatic carbocycles. The number of hydrogen-bond acceptors (Lipinski definition) is 3. The number of alkyl halides is 3. The van der Waals surface area contributed by atoms with Crippen LogP contribution in [-0.2, 0) is 22.1 Å². The molecule has 2 rings (SSSR count). The number of piperidine rings is 1. The van der Waals surface area contributed by atoms with Crippen molar-refractivity contribution in [2.24, 2.45) is 0 Å². The van der Waals surface area contributed by atoms with Crippen LogP contribution in [0.25, 0.3) is 0 Å². The zero-order valence-electron chi connectivity index (χ0n) is 14.7. The Labute approximate surface area is 166 Å². The molecule has 0 unspecified atom stereocenters. The minimum atomic E-state index is -4.35. The SMILES string of the molecule is CCOC(=O)CSC(Cc1cccc(C(F)(F)F)c1)=[N+]1CCCCC1.[Br-]. The van der Waals surface area contributed by atoms with Crippen LogP contribution >= 0.6 is 11.8 Å². The van der Waals surface area contributed by atoms with Gasteiger partial charge in [0.2, 0.25) is 5.04 Å². The van der Waals surface area contributed by atoms with Crippen molar-refractivity contribution in [3.05, 3.63) is 35.4 Å². The van der Waals surface area contributed by atoms with Crippen molar-refractivity contribution >= 4 is 22.8 Å². The van der Waals surface area contributed by atoms with Crippen LogP contribution in [0.3, 0.4) is 0 Å². The van der Waals surface area contributed by atoms with Gasteiger partial charge in [0.05, 0.1) is 18.6 Å². The van der Waals surface area contributed by atoms with E-state index in [2.05, 4.69) is 4.58 Å². The number of rotatable bonds is 5. The average Bonchev–Trinajstić information content (AvgIpc) is 2.59. The highest BCUT2D eigenvalue weighted by Crippen LogP contribution is 2.30. The lowest BCUT2D eigenvalue weighted by molar-refractivity contribution is -0.535. The van der Waals surface area contributed by atoms with Crippen LogP contribution in [0.1, 0.15) is 37.3 Å². The first-order valence-electron chi connectivity index (χ1n) is 8.45. The fraction of sp³-hybridized carbons (Fsp3) is 0.556. The number of ether oxygens (including phenoxy) is 1. The molecule has 8 heteroatoms. The van der Waals surface area contributed by atoms with Gasteiger partial charge in [0, 0.05) is 12.8 Å². The molecule has 0 radical (unpaired) electrons. The van der Waals surface area contributed by atoms with Gasteiger partial charge < -0.3 is 21.7 Å². The Balaban J connectivity index is 0.00000338. The third-order valence-corrected chi connectivity index (χ3v) is 5.10. The number of nitrogens with zero attached hydrogens (tertiary/aromatic N) is 1. The van der Waals surface area contributed by atoms with Gasteiger partial charge in [0.15, 0.2) is 0 Å². The van der Waals surface area contributed by atoms with Gasteiger partial charge in [-0.25, -0.2) is 4.58 Å². The monoisotopic (exact) mass is 453 g/mol. The molecular weight excluding hydrogens is 431 g/mol. The molecule has 0 saturated carbocycles. The summed E-state index contributed by atoms with van der Waals surface area (Å²) < 4.78 is 45.9. The third kappa shape index (κ3) is 7.31. The molecule has 1 aliphatic rings. The summed E-state index contributed by atoms with van der Waals surface area (Å²) in [5.41, 5.74) is -0.0369. The summed E-state index contributed by atoms with van der Waals surface area (Å²) in [7, 11) is 0. The number of halogens is 4. The summed E-state index contributed by atoms with van der Waals surface area (Å²) >= 11 is 1.37. The first-order valence-corrected chi connectivity index (χ1v) is 9.44. The maximum Gasteiger partial charge on any atom is 0.416 e. The first-order chi connectivity index (χ1) is 11.9. The van der Waals surface area contributed by atoms with Crippen molar-refractivity contribution in [1.29, 1.82) is 0 Å². The number of carbonyl (C=O) groups excluding carboxylic acids is 1. The minimum Gasteiger partial charge on any atom is -1.00 e.